The summed E-state index contributed by atoms with van der Waals surface area (Å²) >= 11 is 0. The Kier molecular flexibility index (Phi) is 3.79. The summed E-state index contributed by atoms with van der Waals surface area (Å²) in [4.78, 5) is 23.3. The number of rotatable bonds is 3. The number of nitrogens with two attached hydrogens (primary N) is 1. The average Bonchev–Trinajstić information content (AvgIpc) is 2.83. The topological polar surface area (TPSA) is 93.5 Å². The molecule has 6 nitrogen and oxygen atoms in total. The molecule has 2 aliphatic rings. The van der Waals surface area contributed by atoms with Gasteiger partial charge in [0.1, 0.15) is 5.75 Å². The van der Waals surface area contributed by atoms with E-state index in [9.17, 15) is 9.59 Å². The average molecular weight is 289 g/mol. The minimum atomic E-state index is -0.177. The van der Waals surface area contributed by atoms with E-state index in [0.29, 0.717) is 11.4 Å². The fourth-order valence-electron chi connectivity index (χ4n) is 2.85. The van der Waals surface area contributed by atoms with Crippen LogP contribution < -0.4 is 21.1 Å². The Balaban J connectivity index is 1.61. The Morgan fingerprint density at radius 2 is 2.29 bits per heavy atom. The molecular formula is C15H19N3O3. The van der Waals surface area contributed by atoms with Gasteiger partial charge < -0.3 is 21.1 Å². The van der Waals surface area contributed by atoms with Crippen molar-refractivity contribution in [2.75, 3.05) is 11.9 Å². The quantitative estimate of drug-likeness (QED) is 0.758. The van der Waals surface area contributed by atoms with Crippen molar-refractivity contribution >= 4 is 17.5 Å². The number of hydrogen-bond acceptors (Lipinski definition) is 4. The highest BCUT2D eigenvalue weighted by molar-refractivity contribution is 5.95. The predicted molar refractivity (Wildman–Crippen MR) is 78.0 cm³/mol. The first-order chi connectivity index (χ1) is 10.1. The van der Waals surface area contributed by atoms with Crippen LogP contribution in [-0.4, -0.2) is 30.5 Å². The fraction of sp³-hybridized carbons (Fsp3) is 0.467. The van der Waals surface area contributed by atoms with E-state index in [2.05, 4.69) is 10.6 Å². The Morgan fingerprint density at radius 1 is 1.43 bits per heavy atom. The highest BCUT2D eigenvalue weighted by Crippen LogP contribution is 2.28. The maximum absolute atomic E-state index is 12.0. The Bertz CT molecular complexity index is 573. The summed E-state index contributed by atoms with van der Waals surface area (Å²) in [7, 11) is 0. The maximum atomic E-state index is 12.0. The summed E-state index contributed by atoms with van der Waals surface area (Å²) in [5, 5.41) is 5.75. The van der Waals surface area contributed by atoms with Crippen molar-refractivity contribution in [2.24, 2.45) is 5.73 Å². The second-order valence-corrected chi connectivity index (χ2v) is 5.68. The minimum absolute atomic E-state index is 0.0166. The van der Waals surface area contributed by atoms with Crippen LogP contribution >= 0.6 is 0 Å². The molecular weight excluding hydrogens is 270 g/mol. The molecule has 1 aromatic carbocycles. The minimum Gasteiger partial charge on any atom is -0.482 e. The summed E-state index contributed by atoms with van der Waals surface area (Å²) in [6.07, 6.45) is 3.04. The lowest BCUT2D eigenvalue weighted by Crippen LogP contribution is -2.35. The number of carbonyl (C=O) groups is 2. The third-order valence-electron chi connectivity index (χ3n) is 3.88. The van der Waals surface area contributed by atoms with Gasteiger partial charge in [-0.1, -0.05) is 6.07 Å². The third kappa shape index (κ3) is 3.33. The van der Waals surface area contributed by atoms with Crippen LogP contribution in [0.15, 0.2) is 18.2 Å². The van der Waals surface area contributed by atoms with E-state index < -0.39 is 0 Å². The summed E-state index contributed by atoms with van der Waals surface area (Å²) in [5.41, 5.74) is 7.31. The molecule has 6 heteroatoms. The summed E-state index contributed by atoms with van der Waals surface area (Å²) in [6.45, 7) is 0.0365. The number of ether oxygens (including phenoxy) is 1. The Hall–Kier alpha value is -2.08. The lowest BCUT2D eigenvalue weighted by atomic mass is 10.1. The molecule has 0 radical (unpaired) electrons. The highest BCUT2D eigenvalue weighted by Gasteiger charge is 2.23. The van der Waals surface area contributed by atoms with Crippen LogP contribution in [0, 0.1) is 0 Å². The SMILES string of the molecule is N[C@@H]1CC[C@@H](NC(=O)Cc2ccc3c(c2)NC(=O)CO3)C1. The zero-order valence-corrected chi connectivity index (χ0v) is 11.7. The van der Waals surface area contributed by atoms with E-state index in [1.54, 1.807) is 12.1 Å². The van der Waals surface area contributed by atoms with Gasteiger partial charge in [-0.15, -0.1) is 0 Å². The van der Waals surface area contributed by atoms with Crippen LogP contribution in [0.2, 0.25) is 0 Å². The van der Waals surface area contributed by atoms with Gasteiger partial charge in [0.2, 0.25) is 5.91 Å². The molecule has 0 bridgehead atoms. The molecule has 3 rings (SSSR count). The lowest BCUT2D eigenvalue weighted by molar-refractivity contribution is -0.121. The second-order valence-electron chi connectivity index (χ2n) is 5.68. The van der Waals surface area contributed by atoms with Gasteiger partial charge in [0.15, 0.2) is 6.61 Å². The number of nitrogens with one attached hydrogen (secondary N) is 2. The van der Waals surface area contributed by atoms with Gasteiger partial charge in [-0.25, -0.2) is 0 Å². The monoisotopic (exact) mass is 289 g/mol. The van der Waals surface area contributed by atoms with Gasteiger partial charge in [-0.3, -0.25) is 9.59 Å². The molecule has 1 aliphatic carbocycles. The zero-order valence-electron chi connectivity index (χ0n) is 11.7. The van der Waals surface area contributed by atoms with Gasteiger partial charge in [-0.05, 0) is 37.0 Å². The van der Waals surface area contributed by atoms with Crippen molar-refractivity contribution in [3.8, 4) is 5.75 Å². The van der Waals surface area contributed by atoms with Crippen LogP contribution in [0.3, 0.4) is 0 Å². The van der Waals surface area contributed by atoms with Crippen molar-refractivity contribution < 1.29 is 14.3 Å². The van der Waals surface area contributed by atoms with Crippen molar-refractivity contribution in [1.29, 1.82) is 0 Å². The number of benzene rings is 1. The van der Waals surface area contributed by atoms with E-state index in [1.807, 2.05) is 6.07 Å². The normalized spacial score (nSPS) is 24.0. The molecule has 1 aliphatic heterocycles. The molecule has 0 spiro atoms. The first-order valence-electron chi connectivity index (χ1n) is 7.20. The van der Waals surface area contributed by atoms with Crippen molar-refractivity contribution in [3.63, 3.8) is 0 Å². The standard InChI is InChI=1S/C15H19N3O3/c16-10-2-3-11(7-10)17-14(19)6-9-1-4-13-12(5-9)18-15(20)8-21-13/h1,4-5,10-11H,2-3,6-8,16H2,(H,17,19)(H,18,20)/t10-,11-/m1/s1. The first-order valence-corrected chi connectivity index (χ1v) is 7.20. The molecule has 1 saturated carbocycles. The fourth-order valence-corrected chi connectivity index (χ4v) is 2.85. The predicted octanol–water partition coefficient (Wildman–Crippen LogP) is 0.556. The van der Waals surface area contributed by atoms with Crippen LogP contribution in [0.25, 0.3) is 0 Å². The molecule has 4 N–H and O–H groups in total. The highest BCUT2D eigenvalue weighted by atomic mass is 16.5. The Labute approximate surface area is 123 Å². The van der Waals surface area contributed by atoms with E-state index in [1.165, 1.54) is 0 Å². The van der Waals surface area contributed by atoms with E-state index in [0.717, 1.165) is 24.8 Å². The van der Waals surface area contributed by atoms with Gasteiger partial charge in [-0.2, -0.15) is 0 Å². The second kappa shape index (κ2) is 5.73. The number of hydrogen-bond donors (Lipinski definition) is 3. The van der Waals surface area contributed by atoms with E-state index in [-0.39, 0.29) is 36.9 Å². The van der Waals surface area contributed by atoms with Crippen LogP contribution in [-0.2, 0) is 16.0 Å². The smallest absolute Gasteiger partial charge is 0.262 e. The number of carbonyl (C=O) groups excluding carboxylic acids is 2. The largest absolute Gasteiger partial charge is 0.482 e. The molecule has 1 aromatic rings. The van der Waals surface area contributed by atoms with Crippen molar-refractivity contribution in [2.45, 2.75) is 37.8 Å². The van der Waals surface area contributed by atoms with Gasteiger partial charge in [0.25, 0.3) is 5.91 Å². The number of amides is 2. The molecule has 2 amide bonds. The van der Waals surface area contributed by atoms with Crippen molar-refractivity contribution in [1.82, 2.24) is 5.32 Å². The maximum Gasteiger partial charge on any atom is 0.262 e. The molecule has 2 atom stereocenters. The van der Waals surface area contributed by atoms with E-state index >= 15 is 0 Å². The van der Waals surface area contributed by atoms with Gasteiger partial charge in [0.05, 0.1) is 12.1 Å². The summed E-state index contributed by atoms with van der Waals surface area (Å²) in [6, 6.07) is 5.80. The summed E-state index contributed by atoms with van der Waals surface area (Å²) in [5.74, 6) is 0.446. The third-order valence-corrected chi connectivity index (χ3v) is 3.88. The summed E-state index contributed by atoms with van der Waals surface area (Å²) < 4.78 is 5.29. The van der Waals surface area contributed by atoms with Gasteiger partial charge in [0, 0.05) is 12.1 Å². The van der Waals surface area contributed by atoms with Crippen molar-refractivity contribution in [3.05, 3.63) is 23.8 Å². The number of anilines is 1. The van der Waals surface area contributed by atoms with E-state index in [4.69, 9.17) is 10.5 Å². The molecule has 1 heterocycles. The zero-order chi connectivity index (χ0) is 14.8. The molecule has 0 saturated heterocycles. The number of fused-ring (bicyclic) bond motifs is 1. The Morgan fingerprint density at radius 3 is 3.05 bits per heavy atom. The molecule has 0 unspecified atom stereocenters. The molecule has 21 heavy (non-hydrogen) atoms. The van der Waals surface area contributed by atoms with Crippen LogP contribution in [0.1, 0.15) is 24.8 Å². The molecule has 112 valence electrons. The molecule has 0 aromatic heterocycles. The van der Waals surface area contributed by atoms with Gasteiger partial charge >= 0.3 is 0 Å². The molecule has 1 fully saturated rings. The first kappa shape index (κ1) is 13.9. The lowest BCUT2D eigenvalue weighted by Gasteiger charge is -2.18. The van der Waals surface area contributed by atoms with Crippen LogP contribution in [0.5, 0.6) is 5.75 Å². The van der Waals surface area contributed by atoms with Crippen LogP contribution in [0.4, 0.5) is 5.69 Å².